The second-order valence-electron chi connectivity index (χ2n) is 9.63. The molecule has 3 heterocycles. The third-order valence-electron chi connectivity index (χ3n) is 7.61. The van der Waals surface area contributed by atoms with Gasteiger partial charge in [-0.3, -0.25) is 9.69 Å². The fourth-order valence-electron chi connectivity index (χ4n) is 5.86. The molecule has 2 unspecified atom stereocenters. The molecule has 35 heavy (non-hydrogen) atoms. The minimum Gasteiger partial charge on any atom is -0.508 e. The third-order valence-corrected chi connectivity index (χ3v) is 8.47. The quantitative estimate of drug-likeness (QED) is 0.411. The molecular formula is C30H34N2O2S. The number of aromatic hydroxyl groups is 1. The van der Waals surface area contributed by atoms with Gasteiger partial charge in [-0.1, -0.05) is 35.9 Å². The summed E-state index contributed by atoms with van der Waals surface area (Å²) in [6.07, 6.45) is 4.58. The number of fused-ring (bicyclic) bond motifs is 2. The van der Waals surface area contributed by atoms with Gasteiger partial charge < -0.3 is 10.0 Å². The van der Waals surface area contributed by atoms with Crippen LogP contribution < -0.4 is 0 Å². The number of carbonyl (C=O) groups is 1. The topological polar surface area (TPSA) is 43.8 Å². The molecule has 2 aliphatic heterocycles. The van der Waals surface area contributed by atoms with Gasteiger partial charge in [0.05, 0.1) is 0 Å². The van der Waals surface area contributed by atoms with Crippen LogP contribution in [0.15, 0.2) is 71.6 Å². The maximum atomic E-state index is 12.8. The van der Waals surface area contributed by atoms with Crippen molar-refractivity contribution in [2.45, 2.75) is 58.2 Å². The fraction of sp³-hybridized carbons (Fsp3) is 0.367. The molecule has 0 radical (unpaired) electrons. The largest absolute Gasteiger partial charge is 0.508 e. The molecule has 5 rings (SSSR count). The number of rotatable bonds is 7. The summed E-state index contributed by atoms with van der Waals surface area (Å²) in [5, 5.41) is 12.4. The van der Waals surface area contributed by atoms with Crippen molar-refractivity contribution in [1.29, 1.82) is 0 Å². The SMILES string of the molecule is CCN(CC)C(=O)c1ccc(C(=C2CC3CCC(C2)N3Cc2cccs2)c2cccc(O)c2)cc1. The number of amides is 1. The van der Waals surface area contributed by atoms with Crippen molar-refractivity contribution in [1.82, 2.24) is 9.80 Å². The number of piperidine rings is 1. The summed E-state index contributed by atoms with van der Waals surface area (Å²) in [5.74, 6) is 0.361. The molecule has 4 nitrogen and oxygen atoms in total. The highest BCUT2D eigenvalue weighted by atomic mass is 32.1. The Bertz CT molecular complexity index is 1180. The molecule has 1 aromatic heterocycles. The molecular weight excluding hydrogens is 452 g/mol. The van der Waals surface area contributed by atoms with Crippen LogP contribution in [-0.2, 0) is 6.54 Å². The highest BCUT2D eigenvalue weighted by Gasteiger charge is 2.39. The van der Waals surface area contributed by atoms with E-state index in [1.54, 1.807) is 6.07 Å². The number of phenols is 1. The van der Waals surface area contributed by atoms with Crippen molar-refractivity contribution in [2.24, 2.45) is 0 Å². The van der Waals surface area contributed by atoms with Crippen LogP contribution in [0.1, 0.15) is 65.9 Å². The highest BCUT2D eigenvalue weighted by molar-refractivity contribution is 7.09. The van der Waals surface area contributed by atoms with Crippen molar-refractivity contribution < 1.29 is 9.90 Å². The summed E-state index contributed by atoms with van der Waals surface area (Å²) in [6.45, 7) is 6.49. The maximum Gasteiger partial charge on any atom is 0.253 e. The second kappa shape index (κ2) is 10.4. The van der Waals surface area contributed by atoms with E-state index in [0.29, 0.717) is 25.2 Å². The van der Waals surface area contributed by atoms with Crippen LogP contribution in [0.5, 0.6) is 5.75 Å². The van der Waals surface area contributed by atoms with E-state index in [-0.39, 0.29) is 11.7 Å². The summed E-state index contributed by atoms with van der Waals surface area (Å²) in [7, 11) is 0. The van der Waals surface area contributed by atoms with Gasteiger partial charge in [-0.25, -0.2) is 0 Å². The van der Waals surface area contributed by atoms with E-state index in [1.165, 1.54) is 28.9 Å². The Morgan fingerprint density at radius 1 is 0.943 bits per heavy atom. The first-order valence-corrected chi connectivity index (χ1v) is 13.6. The summed E-state index contributed by atoms with van der Waals surface area (Å²) >= 11 is 1.85. The van der Waals surface area contributed by atoms with Crippen LogP contribution >= 0.6 is 11.3 Å². The van der Waals surface area contributed by atoms with E-state index in [9.17, 15) is 9.90 Å². The first-order valence-electron chi connectivity index (χ1n) is 12.8. The molecule has 2 bridgehead atoms. The predicted octanol–water partition coefficient (Wildman–Crippen LogP) is 6.56. The van der Waals surface area contributed by atoms with E-state index < -0.39 is 0 Å². The predicted molar refractivity (Wildman–Crippen MR) is 144 cm³/mol. The third kappa shape index (κ3) is 4.93. The Labute approximate surface area is 212 Å². The zero-order valence-electron chi connectivity index (χ0n) is 20.6. The Hall–Kier alpha value is -2.89. The average molecular weight is 487 g/mol. The first-order chi connectivity index (χ1) is 17.1. The van der Waals surface area contributed by atoms with Gasteiger partial charge >= 0.3 is 0 Å². The number of carbonyl (C=O) groups excluding carboxylic acids is 1. The molecule has 5 heteroatoms. The standard InChI is InChI=1S/C30H34N2O2S/c1-3-31(4-2)30(34)22-12-10-21(11-13-22)29(23-7-5-8-27(33)19-23)24-17-25-14-15-26(18-24)32(25)20-28-9-6-16-35-28/h5-13,16,19,25-26,33H,3-4,14-15,17-18,20H2,1-2H3. The molecule has 0 saturated carbocycles. The number of benzene rings is 2. The van der Waals surface area contributed by atoms with E-state index >= 15 is 0 Å². The van der Waals surface area contributed by atoms with Crippen molar-refractivity contribution in [3.05, 3.63) is 93.2 Å². The zero-order valence-corrected chi connectivity index (χ0v) is 21.4. The molecule has 2 saturated heterocycles. The van der Waals surface area contributed by atoms with Gasteiger partial charge in [0.1, 0.15) is 5.75 Å². The van der Waals surface area contributed by atoms with E-state index in [0.717, 1.165) is 36.1 Å². The molecule has 2 fully saturated rings. The summed E-state index contributed by atoms with van der Waals surface area (Å²) in [6, 6.07) is 21.2. The maximum absolute atomic E-state index is 12.8. The molecule has 3 aromatic rings. The van der Waals surface area contributed by atoms with Gasteiger partial charge in [-0.2, -0.15) is 0 Å². The van der Waals surface area contributed by atoms with Gasteiger partial charge in [0, 0.05) is 42.2 Å². The van der Waals surface area contributed by atoms with Crippen molar-refractivity contribution in [2.75, 3.05) is 13.1 Å². The van der Waals surface area contributed by atoms with Gasteiger partial charge in [0.2, 0.25) is 0 Å². The Kier molecular flexibility index (Phi) is 7.07. The first kappa shape index (κ1) is 23.8. The molecule has 0 spiro atoms. The lowest BCUT2D eigenvalue weighted by atomic mass is 9.85. The van der Waals surface area contributed by atoms with Crippen LogP contribution in [0.25, 0.3) is 5.57 Å². The molecule has 2 aliphatic rings. The second-order valence-corrected chi connectivity index (χ2v) is 10.7. The Morgan fingerprint density at radius 2 is 1.63 bits per heavy atom. The summed E-state index contributed by atoms with van der Waals surface area (Å²) in [4.78, 5) is 18.8. The van der Waals surface area contributed by atoms with Crippen LogP contribution in [-0.4, -0.2) is 46.0 Å². The van der Waals surface area contributed by atoms with Crippen molar-refractivity contribution in [3.8, 4) is 5.75 Å². The Morgan fingerprint density at radius 3 is 2.23 bits per heavy atom. The van der Waals surface area contributed by atoms with Crippen LogP contribution in [0, 0.1) is 0 Å². The number of phenolic OH excluding ortho intramolecular Hbond substituents is 1. The molecule has 182 valence electrons. The monoisotopic (exact) mass is 486 g/mol. The number of hydrogen-bond donors (Lipinski definition) is 1. The van der Waals surface area contributed by atoms with Gasteiger partial charge in [0.15, 0.2) is 0 Å². The zero-order chi connectivity index (χ0) is 24.4. The smallest absolute Gasteiger partial charge is 0.253 e. The van der Waals surface area contributed by atoms with Crippen LogP contribution in [0.2, 0.25) is 0 Å². The minimum atomic E-state index is 0.0769. The Balaban J connectivity index is 1.49. The average Bonchev–Trinajstić information content (AvgIpc) is 3.46. The number of thiophene rings is 1. The van der Waals surface area contributed by atoms with Crippen LogP contribution in [0.4, 0.5) is 0 Å². The molecule has 0 aliphatic carbocycles. The lowest BCUT2D eigenvalue weighted by Crippen LogP contribution is -2.39. The van der Waals surface area contributed by atoms with Crippen LogP contribution in [0.3, 0.4) is 0 Å². The van der Waals surface area contributed by atoms with Crippen molar-refractivity contribution >= 4 is 22.8 Å². The van der Waals surface area contributed by atoms with E-state index in [4.69, 9.17) is 0 Å². The highest BCUT2D eigenvalue weighted by Crippen LogP contribution is 2.44. The molecule has 2 atom stereocenters. The molecule has 1 amide bonds. The van der Waals surface area contributed by atoms with Gasteiger partial charge in [0.25, 0.3) is 5.91 Å². The normalized spacial score (nSPS) is 19.7. The summed E-state index contributed by atoms with van der Waals surface area (Å²) < 4.78 is 0. The van der Waals surface area contributed by atoms with Crippen molar-refractivity contribution in [3.63, 3.8) is 0 Å². The fourth-order valence-corrected chi connectivity index (χ4v) is 6.57. The van der Waals surface area contributed by atoms with E-state index in [1.807, 2.05) is 54.3 Å². The lowest BCUT2D eigenvalue weighted by Gasteiger charge is -2.37. The molecule has 2 aromatic carbocycles. The number of nitrogens with zero attached hydrogens (tertiary/aromatic N) is 2. The lowest BCUT2D eigenvalue weighted by molar-refractivity contribution is 0.0773. The summed E-state index contributed by atoms with van der Waals surface area (Å²) in [5.41, 5.74) is 5.58. The number of hydrogen-bond acceptors (Lipinski definition) is 4. The van der Waals surface area contributed by atoms with Gasteiger partial charge in [-0.15, -0.1) is 11.3 Å². The van der Waals surface area contributed by atoms with E-state index in [2.05, 4.69) is 40.6 Å². The molecule has 1 N–H and O–H groups in total. The minimum absolute atomic E-state index is 0.0769. The van der Waals surface area contributed by atoms with Gasteiger partial charge in [-0.05, 0) is 91.9 Å².